The van der Waals surface area contributed by atoms with Crippen LogP contribution in [0, 0.1) is 5.41 Å². The van der Waals surface area contributed by atoms with Crippen molar-refractivity contribution >= 4 is 11.6 Å². The summed E-state index contributed by atoms with van der Waals surface area (Å²) in [5, 5.41) is 0.553. The van der Waals surface area contributed by atoms with Crippen molar-refractivity contribution in [2.45, 2.75) is 27.3 Å². The summed E-state index contributed by atoms with van der Waals surface area (Å²) in [5.41, 5.74) is 1.53. The molecule has 0 saturated carbocycles. The zero-order valence-corrected chi connectivity index (χ0v) is 10.7. The number of aromatic nitrogens is 1. The van der Waals surface area contributed by atoms with E-state index in [2.05, 4.69) is 37.7 Å². The van der Waals surface area contributed by atoms with E-state index in [4.69, 9.17) is 11.6 Å². The minimum atomic E-state index is 0.328. The highest BCUT2D eigenvalue weighted by atomic mass is 35.5. The Balaban J connectivity index is 2.51. The standard InChI is InChI=1S/C12H19ClN2/c1-12(2,3)9-15(4)8-10-5-6-11(13)14-7-10/h5-7H,8-9H2,1-4H3. The van der Waals surface area contributed by atoms with Crippen LogP contribution in [-0.2, 0) is 6.54 Å². The van der Waals surface area contributed by atoms with Crippen LogP contribution in [0.4, 0.5) is 0 Å². The summed E-state index contributed by atoms with van der Waals surface area (Å²) < 4.78 is 0. The number of nitrogens with zero attached hydrogens (tertiary/aromatic N) is 2. The smallest absolute Gasteiger partial charge is 0.129 e. The molecule has 0 aliphatic heterocycles. The molecular formula is C12H19ClN2. The van der Waals surface area contributed by atoms with E-state index in [1.807, 2.05) is 18.3 Å². The highest BCUT2D eigenvalue weighted by Gasteiger charge is 2.13. The molecule has 0 atom stereocenters. The third-order valence-electron chi connectivity index (χ3n) is 1.99. The third-order valence-corrected chi connectivity index (χ3v) is 2.21. The van der Waals surface area contributed by atoms with Gasteiger partial charge in [0.05, 0.1) is 0 Å². The summed E-state index contributed by atoms with van der Waals surface area (Å²) in [4.78, 5) is 6.36. The van der Waals surface area contributed by atoms with Gasteiger partial charge in [-0.2, -0.15) is 0 Å². The first kappa shape index (κ1) is 12.5. The second-order valence-corrected chi connectivity index (χ2v) is 5.61. The maximum atomic E-state index is 5.73. The highest BCUT2D eigenvalue weighted by Crippen LogP contribution is 2.16. The van der Waals surface area contributed by atoms with Crippen LogP contribution in [0.1, 0.15) is 26.3 Å². The second-order valence-electron chi connectivity index (χ2n) is 5.22. The number of hydrogen-bond acceptors (Lipinski definition) is 2. The van der Waals surface area contributed by atoms with Crippen molar-refractivity contribution in [2.24, 2.45) is 5.41 Å². The van der Waals surface area contributed by atoms with E-state index in [-0.39, 0.29) is 0 Å². The van der Waals surface area contributed by atoms with Gasteiger partial charge in [0.15, 0.2) is 0 Å². The lowest BCUT2D eigenvalue weighted by molar-refractivity contribution is 0.220. The van der Waals surface area contributed by atoms with Gasteiger partial charge in [0.25, 0.3) is 0 Å². The lowest BCUT2D eigenvalue weighted by Gasteiger charge is -2.26. The Morgan fingerprint density at radius 3 is 2.47 bits per heavy atom. The van der Waals surface area contributed by atoms with Crippen LogP contribution in [0.3, 0.4) is 0 Å². The molecule has 1 aromatic heterocycles. The minimum Gasteiger partial charge on any atom is -0.302 e. The molecule has 0 aliphatic rings. The van der Waals surface area contributed by atoms with Gasteiger partial charge in [-0.15, -0.1) is 0 Å². The number of halogens is 1. The van der Waals surface area contributed by atoms with Crippen LogP contribution in [0.2, 0.25) is 5.15 Å². The molecule has 0 amide bonds. The van der Waals surface area contributed by atoms with Crippen molar-refractivity contribution in [2.75, 3.05) is 13.6 Å². The fraction of sp³-hybridized carbons (Fsp3) is 0.583. The number of pyridine rings is 1. The van der Waals surface area contributed by atoms with Crippen molar-refractivity contribution in [3.8, 4) is 0 Å². The SMILES string of the molecule is CN(Cc1ccc(Cl)nc1)CC(C)(C)C. The molecule has 0 fully saturated rings. The molecule has 0 aliphatic carbocycles. The largest absolute Gasteiger partial charge is 0.302 e. The summed E-state index contributed by atoms with van der Waals surface area (Å²) >= 11 is 5.73. The number of rotatable bonds is 3. The molecular weight excluding hydrogens is 208 g/mol. The van der Waals surface area contributed by atoms with Gasteiger partial charge in [0.1, 0.15) is 5.15 Å². The van der Waals surface area contributed by atoms with Gasteiger partial charge in [0.2, 0.25) is 0 Å². The fourth-order valence-electron chi connectivity index (χ4n) is 1.68. The summed E-state index contributed by atoms with van der Waals surface area (Å²) in [6, 6.07) is 3.86. The molecule has 1 heterocycles. The predicted molar refractivity (Wildman–Crippen MR) is 65.0 cm³/mol. The molecule has 0 spiro atoms. The van der Waals surface area contributed by atoms with Gasteiger partial charge in [-0.1, -0.05) is 38.4 Å². The van der Waals surface area contributed by atoms with Crippen molar-refractivity contribution < 1.29 is 0 Å². The maximum absolute atomic E-state index is 5.73. The van der Waals surface area contributed by atoms with Crippen LogP contribution in [0.25, 0.3) is 0 Å². The Labute approximate surface area is 97.3 Å². The molecule has 1 rings (SSSR count). The minimum absolute atomic E-state index is 0.328. The first-order valence-electron chi connectivity index (χ1n) is 5.16. The average molecular weight is 227 g/mol. The van der Waals surface area contributed by atoms with E-state index in [0.29, 0.717) is 10.6 Å². The van der Waals surface area contributed by atoms with Gasteiger partial charge in [-0.25, -0.2) is 4.98 Å². The molecule has 15 heavy (non-hydrogen) atoms. The fourth-order valence-corrected chi connectivity index (χ4v) is 1.79. The van der Waals surface area contributed by atoms with Crippen molar-refractivity contribution in [1.82, 2.24) is 9.88 Å². The molecule has 3 heteroatoms. The summed E-state index contributed by atoms with van der Waals surface area (Å²) in [6.45, 7) is 8.70. The summed E-state index contributed by atoms with van der Waals surface area (Å²) in [6.07, 6.45) is 1.83. The normalized spacial score (nSPS) is 12.1. The van der Waals surface area contributed by atoms with Crippen LogP contribution in [-0.4, -0.2) is 23.5 Å². The molecule has 0 unspecified atom stereocenters. The monoisotopic (exact) mass is 226 g/mol. The summed E-state index contributed by atoms with van der Waals surface area (Å²) in [5.74, 6) is 0. The van der Waals surface area contributed by atoms with E-state index in [0.717, 1.165) is 13.1 Å². The van der Waals surface area contributed by atoms with Crippen LogP contribution in [0.15, 0.2) is 18.3 Å². The Morgan fingerprint density at radius 2 is 2.00 bits per heavy atom. The van der Waals surface area contributed by atoms with Crippen LogP contribution in [0.5, 0.6) is 0 Å². The van der Waals surface area contributed by atoms with Crippen molar-refractivity contribution in [3.63, 3.8) is 0 Å². The topological polar surface area (TPSA) is 16.1 Å². The Bertz CT molecular complexity index is 300. The second kappa shape index (κ2) is 4.95. The third kappa shape index (κ3) is 5.14. The lowest BCUT2D eigenvalue weighted by Crippen LogP contribution is -2.28. The molecule has 0 radical (unpaired) electrons. The first-order chi connectivity index (χ1) is 6.87. The van der Waals surface area contributed by atoms with Crippen molar-refractivity contribution in [3.05, 3.63) is 29.0 Å². The highest BCUT2D eigenvalue weighted by molar-refractivity contribution is 6.29. The molecule has 2 nitrogen and oxygen atoms in total. The van der Waals surface area contributed by atoms with E-state index in [1.165, 1.54) is 5.56 Å². The Morgan fingerprint density at radius 1 is 1.33 bits per heavy atom. The quantitative estimate of drug-likeness (QED) is 0.736. The van der Waals surface area contributed by atoms with Crippen LogP contribution >= 0.6 is 11.6 Å². The molecule has 0 aromatic carbocycles. The van der Waals surface area contributed by atoms with Gasteiger partial charge in [0, 0.05) is 19.3 Å². The zero-order chi connectivity index (χ0) is 11.5. The number of hydrogen-bond donors (Lipinski definition) is 0. The molecule has 0 saturated heterocycles. The maximum Gasteiger partial charge on any atom is 0.129 e. The average Bonchev–Trinajstić information content (AvgIpc) is 2.05. The predicted octanol–water partition coefficient (Wildman–Crippen LogP) is 3.21. The molecule has 0 N–H and O–H groups in total. The van der Waals surface area contributed by atoms with Gasteiger partial charge in [-0.05, 0) is 24.1 Å². The lowest BCUT2D eigenvalue weighted by atomic mass is 9.96. The molecule has 84 valence electrons. The van der Waals surface area contributed by atoms with E-state index < -0.39 is 0 Å². The van der Waals surface area contributed by atoms with Crippen molar-refractivity contribution in [1.29, 1.82) is 0 Å². The summed E-state index contributed by atoms with van der Waals surface area (Å²) in [7, 11) is 2.12. The van der Waals surface area contributed by atoms with E-state index >= 15 is 0 Å². The molecule has 0 bridgehead atoms. The first-order valence-corrected chi connectivity index (χ1v) is 5.53. The van der Waals surface area contributed by atoms with E-state index in [9.17, 15) is 0 Å². The van der Waals surface area contributed by atoms with Gasteiger partial charge in [-0.3, -0.25) is 0 Å². The van der Waals surface area contributed by atoms with Gasteiger partial charge >= 0.3 is 0 Å². The zero-order valence-electron chi connectivity index (χ0n) is 9.92. The van der Waals surface area contributed by atoms with Gasteiger partial charge < -0.3 is 4.90 Å². The molecule has 1 aromatic rings. The Hall–Kier alpha value is -0.600. The van der Waals surface area contributed by atoms with Crippen LogP contribution < -0.4 is 0 Å². The Kier molecular flexibility index (Phi) is 4.12. The van der Waals surface area contributed by atoms with E-state index in [1.54, 1.807) is 0 Å².